The maximum Gasteiger partial charge on any atom is 0.232 e. The van der Waals surface area contributed by atoms with Crippen LogP contribution < -0.4 is 5.32 Å². The van der Waals surface area contributed by atoms with Gasteiger partial charge in [-0.25, -0.2) is 0 Å². The van der Waals surface area contributed by atoms with E-state index >= 15 is 0 Å². The molecule has 1 fully saturated rings. The zero-order valence-electron chi connectivity index (χ0n) is 10.4. The van der Waals surface area contributed by atoms with Crippen molar-refractivity contribution in [3.8, 4) is 0 Å². The van der Waals surface area contributed by atoms with Crippen LogP contribution in [0, 0.1) is 5.92 Å². The Hall–Kier alpha value is -0.830. The Morgan fingerprint density at radius 3 is 2.78 bits per heavy atom. The number of hydrogen-bond acceptors (Lipinski definition) is 1. The number of halogens is 1. The molecule has 1 N–H and O–H groups in total. The number of benzene rings is 1. The molecule has 1 unspecified atom stereocenters. The SMILES string of the molecule is O=C1Nc2ccc(Br)cc2C1CCC1CCCC1. The van der Waals surface area contributed by atoms with Crippen molar-refractivity contribution in [3.63, 3.8) is 0 Å². The van der Waals surface area contributed by atoms with Crippen LogP contribution in [-0.2, 0) is 4.79 Å². The molecule has 1 aliphatic heterocycles. The van der Waals surface area contributed by atoms with Crippen molar-refractivity contribution in [1.82, 2.24) is 0 Å². The molecule has 0 bridgehead atoms. The molecule has 0 aromatic heterocycles. The molecule has 1 heterocycles. The molecular weight excluding hydrogens is 290 g/mol. The van der Waals surface area contributed by atoms with Crippen LogP contribution in [0.1, 0.15) is 50.0 Å². The van der Waals surface area contributed by atoms with Gasteiger partial charge in [-0.15, -0.1) is 0 Å². The lowest BCUT2D eigenvalue weighted by Gasteiger charge is -2.12. The van der Waals surface area contributed by atoms with Gasteiger partial charge in [0.05, 0.1) is 5.92 Å². The summed E-state index contributed by atoms with van der Waals surface area (Å²) in [5.41, 5.74) is 2.17. The van der Waals surface area contributed by atoms with Crippen LogP contribution in [0.15, 0.2) is 22.7 Å². The number of carbonyl (C=O) groups excluding carboxylic acids is 1. The van der Waals surface area contributed by atoms with Gasteiger partial charge in [-0.2, -0.15) is 0 Å². The molecule has 0 spiro atoms. The van der Waals surface area contributed by atoms with Crippen molar-refractivity contribution in [2.24, 2.45) is 5.92 Å². The number of carbonyl (C=O) groups is 1. The minimum atomic E-state index is 0.0677. The van der Waals surface area contributed by atoms with Gasteiger partial charge in [-0.3, -0.25) is 4.79 Å². The molecule has 1 aromatic carbocycles. The van der Waals surface area contributed by atoms with Crippen LogP contribution in [-0.4, -0.2) is 5.91 Å². The van der Waals surface area contributed by atoms with E-state index < -0.39 is 0 Å². The molecule has 2 aliphatic rings. The third-order valence-electron chi connectivity index (χ3n) is 4.30. The molecule has 1 saturated carbocycles. The molecular formula is C15H18BrNO. The van der Waals surface area contributed by atoms with E-state index in [2.05, 4.69) is 27.3 Å². The first-order chi connectivity index (χ1) is 8.74. The van der Waals surface area contributed by atoms with E-state index in [0.29, 0.717) is 0 Å². The Labute approximate surface area is 116 Å². The first-order valence-electron chi connectivity index (χ1n) is 6.84. The first-order valence-corrected chi connectivity index (χ1v) is 7.63. The summed E-state index contributed by atoms with van der Waals surface area (Å²) in [5, 5.41) is 2.99. The lowest BCUT2D eigenvalue weighted by atomic mass is 9.91. The maximum atomic E-state index is 12.0. The summed E-state index contributed by atoms with van der Waals surface area (Å²) in [6.07, 6.45) is 7.68. The second-order valence-corrected chi connectivity index (χ2v) is 6.42. The minimum Gasteiger partial charge on any atom is -0.325 e. The molecule has 2 nitrogen and oxygen atoms in total. The lowest BCUT2D eigenvalue weighted by molar-refractivity contribution is -0.117. The largest absolute Gasteiger partial charge is 0.325 e. The third-order valence-corrected chi connectivity index (χ3v) is 4.79. The quantitative estimate of drug-likeness (QED) is 0.878. The molecule has 96 valence electrons. The van der Waals surface area contributed by atoms with Gasteiger partial charge in [-0.1, -0.05) is 41.6 Å². The molecule has 0 saturated heterocycles. The highest BCUT2D eigenvalue weighted by Crippen LogP contribution is 2.39. The van der Waals surface area contributed by atoms with Gasteiger partial charge in [0.2, 0.25) is 5.91 Å². The summed E-state index contributed by atoms with van der Waals surface area (Å²) in [7, 11) is 0. The monoisotopic (exact) mass is 307 g/mol. The second-order valence-electron chi connectivity index (χ2n) is 5.50. The van der Waals surface area contributed by atoms with Crippen molar-refractivity contribution in [3.05, 3.63) is 28.2 Å². The fourth-order valence-corrected chi connectivity index (χ4v) is 3.66. The van der Waals surface area contributed by atoms with E-state index in [1.54, 1.807) is 0 Å². The number of anilines is 1. The van der Waals surface area contributed by atoms with Gasteiger partial charge in [0, 0.05) is 10.2 Å². The third kappa shape index (κ3) is 2.33. The molecule has 0 radical (unpaired) electrons. The van der Waals surface area contributed by atoms with E-state index in [1.165, 1.54) is 37.7 Å². The van der Waals surface area contributed by atoms with Crippen molar-refractivity contribution in [1.29, 1.82) is 0 Å². The Balaban J connectivity index is 1.72. The Kier molecular flexibility index (Phi) is 3.42. The van der Waals surface area contributed by atoms with Crippen LogP contribution >= 0.6 is 15.9 Å². The standard InChI is InChI=1S/C15H18BrNO/c16-11-6-8-14-13(9-11)12(15(18)17-14)7-5-10-3-1-2-4-10/h6,8-10,12H,1-5,7H2,(H,17,18). The fraction of sp³-hybridized carbons (Fsp3) is 0.533. The van der Waals surface area contributed by atoms with E-state index in [4.69, 9.17) is 0 Å². The van der Waals surface area contributed by atoms with Crippen LogP contribution in [0.25, 0.3) is 0 Å². The second kappa shape index (κ2) is 5.04. The normalized spacial score (nSPS) is 23.2. The highest BCUT2D eigenvalue weighted by atomic mass is 79.9. The smallest absolute Gasteiger partial charge is 0.232 e. The van der Waals surface area contributed by atoms with Gasteiger partial charge >= 0.3 is 0 Å². The predicted molar refractivity (Wildman–Crippen MR) is 76.7 cm³/mol. The summed E-state index contributed by atoms with van der Waals surface area (Å²) in [5.74, 6) is 1.10. The Morgan fingerprint density at radius 1 is 1.22 bits per heavy atom. The van der Waals surface area contributed by atoms with E-state index in [-0.39, 0.29) is 11.8 Å². The van der Waals surface area contributed by atoms with Crippen molar-refractivity contribution < 1.29 is 4.79 Å². The highest BCUT2D eigenvalue weighted by Gasteiger charge is 2.31. The van der Waals surface area contributed by atoms with Crippen LogP contribution in [0.4, 0.5) is 5.69 Å². The molecule has 1 atom stereocenters. The van der Waals surface area contributed by atoms with E-state index in [1.807, 2.05) is 12.1 Å². The number of amides is 1. The zero-order valence-corrected chi connectivity index (χ0v) is 12.0. The highest BCUT2D eigenvalue weighted by molar-refractivity contribution is 9.10. The summed E-state index contributed by atoms with van der Waals surface area (Å²) in [6, 6.07) is 6.07. The van der Waals surface area contributed by atoms with Crippen LogP contribution in [0.5, 0.6) is 0 Å². The summed E-state index contributed by atoms with van der Waals surface area (Å²) >= 11 is 3.49. The predicted octanol–water partition coefficient (Wildman–Crippen LogP) is 4.46. The van der Waals surface area contributed by atoms with Crippen LogP contribution in [0.3, 0.4) is 0 Å². The van der Waals surface area contributed by atoms with Gasteiger partial charge in [0.15, 0.2) is 0 Å². The average molecular weight is 308 g/mol. The van der Waals surface area contributed by atoms with Crippen molar-refractivity contribution >= 4 is 27.5 Å². The molecule has 1 aromatic rings. The van der Waals surface area contributed by atoms with Crippen molar-refractivity contribution in [2.75, 3.05) is 5.32 Å². The first kappa shape index (κ1) is 12.2. The molecule has 3 rings (SSSR count). The molecule has 1 amide bonds. The number of fused-ring (bicyclic) bond motifs is 1. The summed E-state index contributed by atoms with van der Waals surface area (Å²) in [6.45, 7) is 0. The van der Waals surface area contributed by atoms with Gasteiger partial charge in [-0.05, 0) is 42.5 Å². The minimum absolute atomic E-state index is 0.0677. The van der Waals surface area contributed by atoms with E-state index in [0.717, 1.165) is 22.5 Å². The van der Waals surface area contributed by atoms with Crippen molar-refractivity contribution in [2.45, 2.75) is 44.4 Å². The summed E-state index contributed by atoms with van der Waals surface area (Å²) < 4.78 is 1.06. The molecule has 1 aliphatic carbocycles. The number of nitrogens with one attached hydrogen (secondary N) is 1. The molecule has 18 heavy (non-hydrogen) atoms. The Morgan fingerprint density at radius 2 is 2.00 bits per heavy atom. The van der Waals surface area contributed by atoms with Gasteiger partial charge < -0.3 is 5.32 Å². The topological polar surface area (TPSA) is 29.1 Å². The Bertz CT molecular complexity index is 466. The van der Waals surface area contributed by atoms with Gasteiger partial charge in [0.1, 0.15) is 0 Å². The average Bonchev–Trinajstić information content (AvgIpc) is 2.94. The zero-order chi connectivity index (χ0) is 12.5. The number of hydrogen-bond donors (Lipinski definition) is 1. The fourth-order valence-electron chi connectivity index (χ4n) is 3.28. The lowest BCUT2D eigenvalue weighted by Crippen LogP contribution is -2.13. The van der Waals surface area contributed by atoms with Gasteiger partial charge in [0.25, 0.3) is 0 Å². The summed E-state index contributed by atoms with van der Waals surface area (Å²) in [4.78, 5) is 12.0. The molecule has 3 heteroatoms. The van der Waals surface area contributed by atoms with Crippen LogP contribution in [0.2, 0.25) is 0 Å². The van der Waals surface area contributed by atoms with E-state index in [9.17, 15) is 4.79 Å². The number of rotatable bonds is 3. The maximum absolute atomic E-state index is 12.0.